The van der Waals surface area contributed by atoms with Gasteiger partial charge in [0.1, 0.15) is 5.82 Å². The maximum atomic E-state index is 13.6. The van der Waals surface area contributed by atoms with E-state index >= 15 is 0 Å². The number of benzene rings is 1. The Hall–Kier alpha value is -1.01. The second-order valence-corrected chi connectivity index (χ2v) is 5.29. The van der Waals surface area contributed by atoms with Gasteiger partial charge in [-0.25, -0.2) is 4.39 Å². The first-order chi connectivity index (χ1) is 10.0. The van der Waals surface area contributed by atoms with E-state index in [2.05, 4.69) is 11.8 Å². The fourth-order valence-corrected chi connectivity index (χ4v) is 2.63. The average Bonchev–Trinajstić information content (AvgIpc) is 2.46. The van der Waals surface area contributed by atoms with E-state index in [1.807, 2.05) is 6.92 Å². The Morgan fingerprint density at radius 2 is 2.00 bits per heavy atom. The van der Waals surface area contributed by atoms with Gasteiger partial charge in [0.05, 0.1) is 13.2 Å². The van der Waals surface area contributed by atoms with Crippen molar-refractivity contribution in [1.82, 2.24) is 4.90 Å². The lowest BCUT2D eigenvalue weighted by atomic mass is 9.98. The molecule has 1 aromatic carbocycles. The number of nitrogens with zero attached hydrogens (tertiary/aromatic N) is 1. The number of methoxy groups -OCH3 is 2. The minimum Gasteiger partial charge on any atom is -0.383 e. The molecule has 4 nitrogen and oxygen atoms in total. The molecular formula is C16H27FN2O2. The van der Waals surface area contributed by atoms with Gasteiger partial charge < -0.3 is 15.2 Å². The van der Waals surface area contributed by atoms with Gasteiger partial charge >= 0.3 is 0 Å². The highest BCUT2D eigenvalue weighted by Gasteiger charge is 2.25. The van der Waals surface area contributed by atoms with Crippen LogP contribution in [0.1, 0.15) is 24.1 Å². The Morgan fingerprint density at radius 3 is 2.57 bits per heavy atom. The summed E-state index contributed by atoms with van der Waals surface area (Å²) in [6.07, 6.45) is 0. The molecule has 21 heavy (non-hydrogen) atoms. The first-order valence-electron chi connectivity index (χ1n) is 7.24. The molecule has 120 valence electrons. The Kier molecular flexibility index (Phi) is 7.82. The quantitative estimate of drug-likeness (QED) is 0.758. The first-order valence-corrected chi connectivity index (χ1v) is 7.24. The molecule has 0 aromatic heterocycles. The SMILES string of the molecule is COCCN(C(C)COC)C(CN)c1cc(F)ccc1C. The van der Waals surface area contributed by atoms with E-state index in [1.165, 1.54) is 6.07 Å². The third kappa shape index (κ3) is 5.04. The number of nitrogens with two attached hydrogens (primary N) is 1. The van der Waals surface area contributed by atoms with Crippen LogP contribution in [0, 0.1) is 12.7 Å². The Bertz CT molecular complexity index is 429. The summed E-state index contributed by atoms with van der Waals surface area (Å²) in [5.41, 5.74) is 7.95. The van der Waals surface area contributed by atoms with Gasteiger partial charge in [-0.3, -0.25) is 4.90 Å². The van der Waals surface area contributed by atoms with Crippen molar-refractivity contribution in [3.8, 4) is 0 Å². The molecule has 0 amide bonds. The summed E-state index contributed by atoms with van der Waals surface area (Å²) >= 11 is 0. The van der Waals surface area contributed by atoms with Crippen LogP contribution in [0.4, 0.5) is 4.39 Å². The van der Waals surface area contributed by atoms with Crippen LogP contribution < -0.4 is 5.73 Å². The summed E-state index contributed by atoms with van der Waals surface area (Å²) < 4.78 is 24.0. The number of rotatable bonds is 9. The molecule has 0 fully saturated rings. The minimum atomic E-state index is -0.236. The van der Waals surface area contributed by atoms with Crippen LogP contribution in [-0.4, -0.2) is 51.5 Å². The van der Waals surface area contributed by atoms with Gasteiger partial charge in [0.15, 0.2) is 0 Å². The molecule has 2 N–H and O–H groups in total. The van der Waals surface area contributed by atoms with Crippen molar-refractivity contribution in [2.75, 3.05) is 40.5 Å². The fourth-order valence-electron chi connectivity index (χ4n) is 2.63. The molecule has 0 spiro atoms. The summed E-state index contributed by atoms with van der Waals surface area (Å²) in [4.78, 5) is 2.22. The standard InChI is InChI=1S/C16H27FN2O2/c1-12-5-6-14(17)9-15(12)16(10-18)19(7-8-20-3)13(2)11-21-4/h5-6,9,13,16H,7-8,10-11,18H2,1-4H3. The largest absolute Gasteiger partial charge is 0.383 e. The lowest BCUT2D eigenvalue weighted by Crippen LogP contribution is -2.44. The van der Waals surface area contributed by atoms with Gasteiger partial charge in [0.2, 0.25) is 0 Å². The van der Waals surface area contributed by atoms with E-state index in [-0.39, 0.29) is 17.9 Å². The molecule has 0 heterocycles. The molecule has 0 radical (unpaired) electrons. The van der Waals surface area contributed by atoms with Crippen LogP contribution in [0.3, 0.4) is 0 Å². The summed E-state index contributed by atoms with van der Waals surface area (Å²) in [6, 6.07) is 4.96. The number of hydrogen-bond acceptors (Lipinski definition) is 4. The lowest BCUT2D eigenvalue weighted by molar-refractivity contribution is 0.0484. The highest BCUT2D eigenvalue weighted by molar-refractivity contribution is 5.30. The van der Waals surface area contributed by atoms with E-state index in [9.17, 15) is 4.39 Å². The van der Waals surface area contributed by atoms with Gasteiger partial charge in [-0.15, -0.1) is 0 Å². The van der Waals surface area contributed by atoms with Gasteiger partial charge in [0, 0.05) is 39.4 Å². The normalized spacial score (nSPS) is 14.4. The molecule has 0 aliphatic rings. The van der Waals surface area contributed by atoms with E-state index < -0.39 is 0 Å². The number of aryl methyl sites for hydroxylation is 1. The Balaban J connectivity index is 3.07. The lowest BCUT2D eigenvalue weighted by Gasteiger charge is -2.36. The number of hydrogen-bond donors (Lipinski definition) is 1. The molecule has 0 saturated carbocycles. The smallest absolute Gasteiger partial charge is 0.123 e. The zero-order chi connectivity index (χ0) is 15.8. The van der Waals surface area contributed by atoms with Crippen LogP contribution >= 0.6 is 0 Å². The van der Waals surface area contributed by atoms with E-state index in [1.54, 1.807) is 26.4 Å². The molecule has 0 saturated heterocycles. The molecular weight excluding hydrogens is 271 g/mol. The zero-order valence-corrected chi connectivity index (χ0v) is 13.4. The fraction of sp³-hybridized carbons (Fsp3) is 0.625. The van der Waals surface area contributed by atoms with Crippen molar-refractivity contribution in [1.29, 1.82) is 0 Å². The summed E-state index contributed by atoms with van der Waals surface area (Å²) in [7, 11) is 3.35. The molecule has 0 aliphatic carbocycles. The highest BCUT2D eigenvalue weighted by Crippen LogP contribution is 2.25. The maximum absolute atomic E-state index is 13.6. The molecule has 1 aromatic rings. The summed E-state index contributed by atoms with van der Waals surface area (Å²) in [5, 5.41) is 0. The van der Waals surface area contributed by atoms with Crippen molar-refractivity contribution >= 4 is 0 Å². The molecule has 1 rings (SSSR count). The van der Waals surface area contributed by atoms with Crippen LogP contribution in [0.5, 0.6) is 0 Å². The van der Waals surface area contributed by atoms with Crippen LogP contribution in [-0.2, 0) is 9.47 Å². The number of ether oxygens (including phenoxy) is 2. The molecule has 2 atom stereocenters. The monoisotopic (exact) mass is 298 g/mol. The molecule has 2 unspecified atom stereocenters. The molecule has 0 aliphatic heterocycles. The van der Waals surface area contributed by atoms with Gasteiger partial charge in [0.25, 0.3) is 0 Å². The third-order valence-corrected chi connectivity index (χ3v) is 3.75. The topological polar surface area (TPSA) is 47.7 Å². The van der Waals surface area contributed by atoms with Crippen molar-refractivity contribution in [2.45, 2.75) is 25.9 Å². The average molecular weight is 298 g/mol. The van der Waals surface area contributed by atoms with Crippen molar-refractivity contribution in [3.05, 3.63) is 35.1 Å². The van der Waals surface area contributed by atoms with E-state index in [0.717, 1.165) is 17.7 Å². The van der Waals surface area contributed by atoms with Crippen LogP contribution in [0.15, 0.2) is 18.2 Å². The van der Waals surface area contributed by atoms with Gasteiger partial charge in [-0.05, 0) is 37.1 Å². The zero-order valence-electron chi connectivity index (χ0n) is 13.4. The summed E-state index contributed by atoms with van der Waals surface area (Å²) in [6.45, 7) is 6.39. The Morgan fingerprint density at radius 1 is 1.29 bits per heavy atom. The van der Waals surface area contributed by atoms with E-state index in [4.69, 9.17) is 15.2 Å². The van der Waals surface area contributed by atoms with Crippen LogP contribution in [0.25, 0.3) is 0 Å². The summed E-state index contributed by atoms with van der Waals surface area (Å²) in [5.74, 6) is -0.236. The third-order valence-electron chi connectivity index (χ3n) is 3.75. The van der Waals surface area contributed by atoms with Gasteiger partial charge in [-0.1, -0.05) is 6.07 Å². The first kappa shape index (κ1) is 18.0. The van der Waals surface area contributed by atoms with Crippen LogP contribution in [0.2, 0.25) is 0 Å². The maximum Gasteiger partial charge on any atom is 0.123 e. The second-order valence-electron chi connectivity index (χ2n) is 5.29. The van der Waals surface area contributed by atoms with Crippen molar-refractivity contribution in [3.63, 3.8) is 0 Å². The van der Waals surface area contributed by atoms with Crippen molar-refractivity contribution < 1.29 is 13.9 Å². The predicted octanol–water partition coefficient (Wildman–Crippen LogP) is 2.12. The predicted molar refractivity (Wildman–Crippen MR) is 82.9 cm³/mol. The second kappa shape index (κ2) is 9.10. The molecule has 5 heteroatoms. The van der Waals surface area contributed by atoms with Crippen molar-refractivity contribution in [2.24, 2.45) is 5.73 Å². The number of halogens is 1. The Labute approximate surface area is 127 Å². The minimum absolute atomic E-state index is 0.0546. The molecule has 0 bridgehead atoms. The highest BCUT2D eigenvalue weighted by atomic mass is 19.1. The van der Waals surface area contributed by atoms with Gasteiger partial charge in [-0.2, -0.15) is 0 Å². The van der Waals surface area contributed by atoms with E-state index in [0.29, 0.717) is 19.8 Å².